The Bertz CT molecular complexity index is 657. The standard InChI is InChI=1S/C19H22N2O.ClH/c1-19(13-20)11-12-21(14-19)18(22)17-9-7-16(8-10-17)15-5-3-2-4-6-15;/h2-10H,11-14,20H2,1H3;1H. The molecule has 23 heavy (non-hydrogen) atoms. The van der Waals surface area contributed by atoms with E-state index in [2.05, 4.69) is 19.1 Å². The maximum atomic E-state index is 12.6. The maximum absolute atomic E-state index is 12.6. The molecule has 122 valence electrons. The van der Waals surface area contributed by atoms with Gasteiger partial charge in [-0.3, -0.25) is 4.79 Å². The minimum absolute atomic E-state index is 0. The lowest BCUT2D eigenvalue weighted by atomic mass is 9.90. The van der Waals surface area contributed by atoms with Crippen molar-refractivity contribution >= 4 is 18.3 Å². The highest BCUT2D eigenvalue weighted by Gasteiger charge is 2.35. The van der Waals surface area contributed by atoms with Crippen LogP contribution in [0.2, 0.25) is 0 Å². The molecule has 0 radical (unpaired) electrons. The van der Waals surface area contributed by atoms with E-state index in [1.165, 1.54) is 5.56 Å². The first kappa shape index (κ1) is 17.5. The van der Waals surface area contributed by atoms with E-state index in [0.717, 1.165) is 30.6 Å². The summed E-state index contributed by atoms with van der Waals surface area (Å²) < 4.78 is 0. The third kappa shape index (κ3) is 3.74. The SMILES string of the molecule is CC1(CN)CCN(C(=O)c2ccc(-c3ccccc3)cc2)C1.Cl. The molecule has 0 spiro atoms. The van der Waals surface area contributed by atoms with E-state index in [-0.39, 0.29) is 23.7 Å². The number of amides is 1. The number of hydrogen-bond acceptors (Lipinski definition) is 2. The number of carbonyl (C=O) groups excluding carboxylic acids is 1. The molecule has 3 rings (SSSR count). The molecule has 0 bridgehead atoms. The van der Waals surface area contributed by atoms with E-state index < -0.39 is 0 Å². The van der Waals surface area contributed by atoms with Gasteiger partial charge in [0.15, 0.2) is 0 Å². The highest BCUT2D eigenvalue weighted by molar-refractivity contribution is 5.95. The third-order valence-corrected chi connectivity index (χ3v) is 4.58. The quantitative estimate of drug-likeness (QED) is 0.934. The molecular formula is C19H23ClN2O. The molecule has 2 N–H and O–H groups in total. The minimum Gasteiger partial charge on any atom is -0.338 e. The molecule has 1 heterocycles. The largest absolute Gasteiger partial charge is 0.338 e. The number of likely N-dealkylation sites (tertiary alicyclic amines) is 1. The highest BCUT2D eigenvalue weighted by Crippen LogP contribution is 2.29. The van der Waals surface area contributed by atoms with E-state index in [1.807, 2.05) is 47.4 Å². The summed E-state index contributed by atoms with van der Waals surface area (Å²) in [5.41, 5.74) is 8.93. The first-order chi connectivity index (χ1) is 10.6. The van der Waals surface area contributed by atoms with Crippen molar-refractivity contribution in [2.24, 2.45) is 11.1 Å². The van der Waals surface area contributed by atoms with Crippen LogP contribution in [0.5, 0.6) is 0 Å². The van der Waals surface area contributed by atoms with E-state index in [0.29, 0.717) is 6.54 Å². The molecule has 1 saturated heterocycles. The van der Waals surface area contributed by atoms with Crippen molar-refractivity contribution in [1.29, 1.82) is 0 Å². The lowest BCUT2D eigenvalue weighted by molar-refractivity contribution is 0.0777. The molecule has 0 saturated carbocycles. The van der Waals surface area contributed by atoms with Crippen LogP contribution < -0.4 is 5.73 Å². The second kappa shape index (κ2) is 7.16. The van der Waals surface area contributed by atoms with E-state index in [1.54, 1.807) is 0 Å². The van der Waals surface area contributed by atoms with E-state index >= 15 is 0 Å². The molecule has 1 unspecified atom stereocenters. The van der Waals surface area contributed by atoms with Gasteiger partial charge in [-0.15, -0.1) is 12.4 Å². The number of halogens is 1. The molecule has 0 aromatic heterocycles. The fraction of sp³-hybridized carbons (Fsp3) is 0.316. The van der Waals surface area contributed by atoms with Gasteiger partial charge < -0.3 is 10.6 Å². The van der Waals surface area contributed by atoms with Gasteiger partial charge in [-0.05, 0) is 41.6 Å². The third-order valence-electron chi connectivity index (χ3n) is 4.58. The van der Waals surface area contributed by atoms with Gasteiger partial charge in [0.1, 0.15) is 0 Å². The Morgan fingerprint density at radius 1 is 1.09 bits per heavy atom. The Morgan fingerprint density at radius 3 is 2.26 bits per heavy atom. The number of rotatable bonds is 3. The van der Waals surface area contributed by atoms with Crippen LogP contribution >= 0.6 is 12.4 Å². The minimum atomic E-state index is 0. The normalized spacial score (nSPS) is 20.2. The average Bonchev–Trinajstić information content (AvgIpc) is 2.98. The Kier molecular flexibility index (Phi) is 5.45. The predicted molar refractivity (Wildman–Crippen MR) is 96.8 cm³/mol. The first-order valence-electron chi connectivity index (χ1n) is 7.76. The van der Waals surface area contributed by atoms with Crippen LogP contribution in [0.4, 0.5) is 0 Å². The molecule has 1 atom stereocenters. The summed E-state index contributed by atoms with van der Waals surface area (Å²) in [6.45, 7) is 4.33. The highest BCUT2D eigenvalue weighted by atomic mass is 35.5. The van der Waals surface area contributed by atoms with E-state index in [4.69, 9.17) is 5.73 Å². The van der Waals surface area contributed by atoms with Crippen LogP contribution in [-0.4, -0.2) is 30.4 Å². The van der Waals surface area contributed by atoms with Crippen LogP contribution in [0.3, 0.4) is 0 Å². The summed E-state index contributed by atoms with van der Waals surface area (Å²) in [6, 6.07) is 18.1. The molecule has 0 aliphatic carbocycles. The second-order valence-corrected chi connectivity index (χ2v) is 6.43. The zero-order chi connectivity index (χ0) is 15.6. The fourth-order valence-corrected chi connectivity index (χ4v) is 2.98. The average molecular weight is 331 g/mol. The molecular weight excluding hydrogens is 308 g/mol. The first-order valence-corrected chi connectivity index (χ1v) is 7.76. The Morgan fingerprint density at radius 2 is 1.70 bits per heavy atom. The molecule has 1 amide bonds. The van der Waals surface area contributed by atoms with Crippen LogP contribution in [0, 0.1) is 5.41 Å². The number of carbonyl (C=O) groups is 1. The lowest BCUT2D eigenvalue weighted by Gasteiger charge is -2.22. The van der Waals surface area contributed by atoms with Crippen molar-refractivity contribution in [1.82, 2.24) is 4.90 Å². The monoisotopic (exact) mass is 330 g/mol. The van der Waals surface area contributed by atoms with Gasteiger partial charge in [-0.2, -0.15) is 0 Å². The second-order valence-electron chi connectivity index (χ2n) is 6.43. The van der Waals surface area contributed by atoms with Gasteiger partial charge in [0.25, 0.3) is 5.91 Å². The van der Waals surface area contributed by atoms with Crippen molar-refractivity contribution in [3.05, 3.63) is 60.2 Å². The number of nitrogens with two attached hydrogens (primary N) is 1. The van der Waals surface area contributed by atoms with Crippen molar-refractivity contribution in [3.8, 4) is 11.1 Å². The van der Waals surface area contributed by atoms with Gasteiger partial charge in [0.2, 0.25) is 0 Å². The van der Waals surface area contributed by atoms with E-state index in [9.17, 15) is 4.79 Å². The molecule has 2 aromatic rings. The van der Waals surface area contributed by atoms with Gasteiger partial charge in [-0.1, -0.05) is 49.4 Å². The smallest absolute Gasteiger partial charge is 0.253 e. The number of hydrogen-bond donors (Lipinski definition) is 1. The summed E-state index contributed by atoms with van der Waals surface area (Å²) in [5, 5.41) is 0. The van der Waals surface area contributed by atoms with Gasteiger partial charge >= 0.3 is 0 Å². The summed E-state index contributed by atoms with van der Waals surface area (Å²) in [7, 11) is 0. The van der Waals surface area contributed by atoms with Crippen LogP contribution in [-0.2, 0) is 0 Å². The van der Waals surface area contributed by atoms with Crippen molar-refractivity contribution in [2.45, 2.75) is 13.3 Å². The molecule has 1 aliphatic heterocycles. The molecule has 3 nitrogen and oxygen atoms in total. The summed E-state index contributed by atoms with van der Waals surface area (Å²) in [6.07, 6.45) is 0.983. The van der Waals surface area contributed by atoms with Gasteiger partial charge in [0.05, 0.1) is 0 Å². The predicted octanol–water partition coefficient (Wildman–Crippen LogP) is 3.59. The maximum Gasteiger partial charge on any atom is 0.253 e. The lowest BCUT2D eigenvalue weighted by Crippen LogP contribution is -2.34. The van der Waals surface area contributed by atoms with Crippen LogP contribution in [0.15, 0.2) is 54.6 Å². The zero-order valence-corrected chi connectivity index (χ0v) is 14.2. The Hall–Kier alpha value is -1.84. The van der Waals surface area contributed by atoms with Gasteiger partial charge in [0, 0.05) is 18.7 Å². The van der Waals surface area contributed by atoms with Crippen molar-refractivity contribution < 1.29 is 4.79 Å². The number of benzene rings is 2. The molecule has 4 heteroatoms. The summed E-state index contributed by atoms with van der Waals surface area (Å²) in [5.74, 6) is 0.108. The van der Waals surface area contributed by atoms with Crippen LogP contribution in [0.1, 0.15) is 23.7 Å². The fourth-order valence-electron chi connectivity index (χ4n) is 2.98. The Balaban J connectivity index is 0.00000192. The number of nitrogens with zero attached hydrogens (tertiary/aromatic N) is 1. The van der Waals surface area contributed by atoms with Crippen LogP contribution in [0.25, 0.3) is 11.1 Å². The summed E-state index contributed by atoms with van der Waals surface area (Å²) >= 11 is 0. The topological polar surface area (TPSA) is 46.3 Å². The molecule has 2 aromatic carbocycles. The van der Waals surface area contributed by atoms with Crippen molar-refractivity contribution in [2.75, 3.05) is 19.6 Å². The zero-order valence-electron chi connectivity index (χ0n) is 13.4. The molecule has 1 fully saturated rings. The molecule has 1 aliphatic rings. The van der Waals surface area contributed by atoms with Gasteiger partial charge in [-0.25, -0.2) is 0 Å². The van der Waals surface area contributed by atoms with Crippen molar-refractivity contribution in [3.63, 3.8) is 0 Å². The summed E-state index contributed by atoms with van der Waals surface area (Å²) in [4.78, 5) is 14.5. The Labute approximate surface area is 143 Å².